The Morgan fingerprint density at radius 1 is 0.744 bits per heavy atom. The molecule has 1 fully saturated rings. The molecule has 0 unspecified atom stereocenters. The monoisotopic (exact) mass is 574 g/mol. The van der Waals surface area contributed by atoms with Crippen molar-refractivity contribution in [1.29, 1.82) is 0 Å². The third-order valence-corrected chi connectivity index (χ3v) is 8.98. The van der Waals surface area contributed by atoms with E-state index in [0.717, 1.165) is 38.0 Å². The van der Waals surface area contributed by atoms with Gasteiger partial charge in [-0.3, -0.25) is 4.79 Å². The summed E-state index contributed by atoms with van der Waals surface area (Å²) < 4.78 is 5.81. The van der Waals surface area contributed by atoms with E-state index in [1.807, 2.05) is 18.2 Å². The molecule has 0 saturated carbocycles. The normalized spacial score (nSPS) is 14.4. The smallest absolute Gasteiger partial charge is 0.220 e. The molecule has 43 heavy (non-hydrogen) atoms. The Kier molecular flexibility index (Phi) is 11.6. The standard InChI is InChI=1S/C39H46N2O2/c42-38(23-13-30-43-31-33-15-5-1-6-16-33)40-32-39(36-19-9-3-10-20-36,37-21-11-4-12-22-37)26-14-27-41-28-24-35(25-29-41)34-17-7-2-8-18-34/h1-12,15-22,35H,13-14,23-32H2,(H,40,42). The molecule has 0 aliphatic carbocycles. The number of likely N-dealkylation sites (tertiary alicyclic amines) is 1. The van der Waals surface area contributed by atoms with Gasteiger partial charge in [0.25, 0.3) is 0 Å². The Morgan fingerprint density at radius 2 is 1.30 bits per heavy atom. The molecule has 1 heterocycles. The Hall–Kier alpha value is -3.73. The molecule has 1 aliphatic heterocycles. The van der Waals surface area contributed by atoms with Gasteiger partial charge in [-0.1, -0.05) is 121 Å². The fourth-order valence-electron chi connectivity index (χ4n) is 6.52. The van der Waals surface area contributed by atoms with Gasteiger partial charge in [-0.25, -0.2) is 0 Å². The van der Waals surface area contributed by atoms with Gasteiger partial charge >= 0.3 is 0 Å². The Morgan fingerprint density at radius 3 is 1.91 bits per heavy atom. The van der Waals surface area contributed by atoms with Crippen LogP contribution < -0.4 is 5.32 Å². The van der Waals surface area contributed by atoms with Crippen LogP contribution in [0.3, 0.4) is 0 Å². The number of hydrogen-bond donors (Lipinski definition) is 1. The summed E-state index contributed by atoms with van der Waals surface area (Å²) in [6.07, 6.45) is 5.66. The molecule has 0 atom stereocenters. The van der Waals surface area contributed by atoms with Crippen molar-refractivity contribution >= 4 is 5.91 Å². The van der Waals surface area contributed by atoms with E-state index in [-0.39, 0.29) is 11.3 Å². The largest absolute Gasteiger partial charge is 0.377 e. The van der Waals surface area contributed by atoms with Gasteiger partial charge in [-0.15, -0.1) is 0 Å². The second-order valence-corrected chi connectivity index (χ2v) is 11.9. The molecule has 0 spiro atoms. The van der Waals surface area contributed by atoms with Crippen LogP contribution in [-0.4, -0.2) is 43.6 Å². The molecule has 1 N–H and O–H groups in total. The van der Waals surface area contributed by atoms with Crippen molar-refractivity contribution < 1.29 is 9.53 Å². The second kappa shape index (κ2) is 16.2. The van der Waals surface area contributed by atoms with Crippen LogP contribution in [0.15, 0.2) is 121 Å². The highest BCUT2D eigenvalue weighted by Gasteiger charge is 2.34. The van der Waals surface area contributed by atoms with Gasteiger partial charge in [0.05, 0.1) is 6.61 Å². The van der Waals surface area contributed by atoms with Crippen LogP contribution >= 0.6 is 0 Å². The van der Waals surface area contributed by atoms with E-state index in [1.165, 1.54) is 29.5 Å². The summed E-state index contributed by atoms with van der Waals surface area (Å²) in [4.78, 5) is 15.7. The van der Waals surface area contributed by atoms with Crippen molar-refractivity contribution in [2.45, 2.75) is 56.5 Å². The molecule has 1 amide bonds. The number of hydrogen-bond acceptors (Lipinski definition) is 3. The van der Waals surface area contributed by atoms with Crippen LogP contribution in [0.4, 0.5) is 0 Å². The fourth-order valence-corrected chi connectivity index (χ4v) is 6.52. The fraction of sp³-hybridized carbons (Fsp3) is 0.359. The average Bonchev–Trinajstić information content (AvgIpc) is 3.08. The van der Waals surface area contributed by atoms with Gasteiger partial charge < -0.3 is 15.0 Å². The van der Waals surface area contributed by atoms with Crippen molar-refractivity contribution in [3.63, 3.8) is 0 Å². The molecule has 0 aromatic heterocycles. The van der Waals surface area contributed by atoms with Crippen molar-refractivity contribution in [3.8, 4) is 0 Å². The first kappa shape index (κ1) is 30.7. The quantitative estimate of drug-likeness (QED) is 0.148. The Balaban J connectivity index is 1.18. The average molecular weight is 575 g/mol. The van der Waals surface area contributed by atoms with Crippen molar-refractivity contribution in [2.75, 3.05) is 32.8 Å². The molecule has 224 valence electrons. The zero-order valence-electron chi connectivity index (χ0n) is 25.4. The Labute approximate surface area is 258 Å². The highest BCUT2D eigenvalue weighted by Crippen LogP contribution is 2.37. The molecular weight excluding hydrogens is 528 g/mol. The van der Waals surface area contributed by atoms with Crippen LogP contribution in [0.2, 0.25) is 0 Å². The molecule has 4 nitrogen and oxygen atoms in total. The predicted molar refractivity (Wildman–Crippen MR) is 176 cm³/mol. The van der Waals surface area contributed by atoms with Crippen molar-refractivity contribution in [3.05, 3.63) is 144 Å². The first-order valence-corrected chi connectivity index (χ1v) is 16.0. The maximum absolute atomic E-state index is 13.1. The number of rotatable bonds is 15. The first-order chi connectivity index (χ1) is 21.2. The number of nitrogens with one attached hydrogen (secondary N) is 1. The van der Waals surface area contributed by atoms with Gasteiger partial charge in [-0.05, 0) is 79.9 Å². The van der Waals surface area contributed by atoms with Gasteiger partial charge in [0.1, 0.15) is 0 Å². The number of piperidine rings is 1. The van der Waals surface area contributed by atoms with Crippen LogP contribution in [0.1, 0.15) is 66.7 Å². The lowest BCUT2D eigenvalue weighted by Crippen LogP contribution is -2.42. The topological polar surface area (TPSA) is 41.6 Å². The van der Waals surface area contributed by atoms with E-state index in [9.17, 15) is 4.79 Å². The maximum atomic E-state index is 13.1. The SMILES string of the molecule is O=C(CCCOCc1ccccc1)NCC(CCCN1CCC(c2ccccc2)CC1)(c1ccccc1)c1ccccc1. The summed E-state index contributed by atoms with van der Waals surface area (Å²) in [5.74, 6) is 0.756. The predicted octanol–water partition coefficient (Wildman–Crippen LogP) is 7.75. The molecule has 4 heteroatoms. The van der Waals surface area contributed by atoms with E-state index >= 15 is 0 Å². The van der Waals surface area contributed by atoms with Gasteiger partial charge in [0.15, 0.2) is 0 Å². The second-order valence-electron chi connectivity index (χ2n) is 11.9. The molecule has 4 aromatic rings. The lowest BCUT2D eigenvalue weighted by molar-refractivity contribution is -0.121. The van der Waals surface area contributed by atoms with Crippen molar-refractivity contribution in [1.82, 2.24) is 10.2 Å². The van der Waals surface area contributed by atoms with Gasteiger partial charge in [0.2, 0.25) is 5.91 Å². The molecule has 5 rings (SSSR count). The molecule has 0 radical (unpaired) electrons. The van der Waals surface area contributed by atoms with E-state index in [0.29, 0.717) is 38.5 Å². The summed E-state index contributed by atoms with van der Waals surface area (Å²) in [6.45, 7) is 5.11. The summed E-state index contributed by atoms with van der Waals surface area (Å²) in [6, 6.07) is 42.7. The molecular formula is C39H46N2O2. The third-order valence-electron chi connectivity index (χ3n) is 8.98. The van der Waals surface area contributed by atoms with Crippen LogP contribution in [0.5, 0.6) is 0 Å². The number of ether oxygens (including phenoxy) is 1. The van der Waals surface area contributed by atoms with E-state index in [2.05, 4.69) is 113 Å². The molecule has 1 saturated heterocycles. The number of benzene rings is 4. The molecule has 0 bridgehead atoms. The highest BCUT2D eigenvalue weighted by molar-refractivity contribution is 5.76. The lowest BCUT2D eigenvalue weighted by atomic mass is 9.71. The minimum atomic E-state index is -0.287. The first-order valence-electron chi connectivity index (χ1n) is 16.0. The Bertz CT molecular complexity index is 1300. The summed E-state index contributed by atoms with van der Waals surface area (Å²) in [7, 11) is 0. The third kappa shape index (κ3) is 8.89. The molecule has 1 aliphatic rings. The van der Waals surface area contributed by atoms with Crippen LogP contribution in [0.25, 0.3) is 0 Å². The number of nitrogens with zero attached hydrogens (tertiary/aromatic N) is 1. The lowest BCUT2D eigenvalue weighted by Gasteiger charge is -2.37. The number of carbonyl (C=O) groups excluding carboxylic acids is 1. The van der Waals surface area contributed by atoms with E-state index in [1.54, 1.807) is 0 Å². The van der Waals surface area contributed by atoms with E-state index in [4.69, 9.17) is 4.74 Å². The summed E-state index contributed by atoms with van der Waals surface area (Å²) in [5.41, 5.74) is 4.87. The van der Waals surface area contributed by atoms with Crippen LogP contribution in [0, 0.1) is 0 Å². The number of carbonyl (C=O) groups is 1. The zero-order chi connectivity index (χ0) is 29.6. The molecule has 4 aromatic carbocycles. The van der Waals surface area contributed by atoms with Gasteiger partial charge in [-0.2, -0.15) is 0 Å². The minimum Gasteiger partial charge on any atom is -0.377 e. The maximum Gasteiger partial charge on any atom is 0.220 e. The van der Waals surface area contributed by atoms with E-state index < -0.39 is 0 Å². The van der Waals surface area contributed by atoms with Crippen LogP contribution in [-0.2, 0) is 21.6 Å². The number of amides is 1. The highest BCUT2D eigenvalue weighted by atomic mass is 16.5. The summed E-state index contributed by atoms with van der Waals surface area (Å²) >= 11 is 0. The minimum absolute atomic E-state index is 0.0857. The summed E-state index contributed by atoms with van der Waals surface area (Å²) in [5, 5.41) is 3.33. The zero-order valence-corrected chi connectivity index (χ0v) is 25.4. The van der Waals surface area contributed by atoms with Crippen molar-refractivity contribution in [2.24, 2.45) is 0 Å². The van der Waals surface area contributed by atoms with Gasteiger partial charge in [0, 0.05) is 25.0 Å².